The molecular formula is C14H16N4. The van der Waals surface area contributed by atoms with Gasteiger partial charge in [0.05, 0.1) is 18.2 Å². The van der Waals surface area contributed by atoms with Gasteiger partial charge in [0.15, 0.2) is 0 Å². The van der Waals surface area contributed by atoms with Crippen molar-refractivity contribution in [2.24, 2.45) is 0 Å². The van der Waals surface area contributed by atoms with E-state index in [2.05, 4.69) is 32.0 Å². The van der Waals surface area contributed by atoms with Crippen LogP contribution in [0.15, 0.2) is 48.7 Å². The molecule has 0 atom stereocenters. The molecule has 18 heavy (non-hydrogen) atoms. The minimum Gasteiger partial charge on any atom is -0.326 e. The number of aromatic nitrogens is 3. The first-order valence-electron chi connectivity index (χ1n) is 6.22. The van der Waals surface area contributed by atoms with Gasteiger partial charge in [-0.15, -0.1) is 0 Å². The molecule has 4 nitrogen and oxygen atoms in total. The highest BCUT2D eigenvalue weighted by atomic mass is 15.0. The molecule has 0 saturated carbocycles. The number of nitrogens with one attached hydrogen (secondary N) is 1. The van der Waals surface area contributed by atoms with E-state index >= 15 is 0 Å². The molecule has 0 bridgehead atoms. The number of imidazole rings is 1. The number of hydrogen-bond acceptors (Lipinski definition) is 3. The van der Waals surface area contributed by atoms with Crippen LogP contribution >= 0.6 is 0 Å². The van der Waals surface area contributed by atoms with Gasteiger partial charge in [0.25, 0.3) is 0 Å². The molecule has 1 aliphatic heterocycles. The van der Waals surface area contributed by atoms with Crippen molar-refractivity contribution in [3.05, 3.63) is 48.7 Å². The Kier molecular flexibility index (Phi) is 3.19. The molecule has 0 fully saturated rings. The number of hydrogen-bond donors (Lipinski definition) is 1. The summed E-state index contributed by atoms with van der Waals surface area (Å²) in [6, 6.07) is 4.02. The maximum Gasteiger partial charge on any atom is 0.0954 e. The Hall–Kier alpha value is -1.94. The van der Waals surface area contributed by atoms with Gasteiger partial charge in [0.1, 0.15) is 0 Å². The highest BCUT2D eigenvalue weighted by Crippen LogP contribution is 2.19. The van der Waals surface area contributed by atoms with Crippen LogP contribution in [0.3, 0.4) is 0 Å². The molecule has 92 valence electrons. The molecule has 1 aliphatic rings. The van der Waals surface area contributed by atoms with Gasteiger partial charge in [-0.2, -0.15) is 0 Å². The highest BCUT2D eigenvalue weighted by molar-refractivity contribution is 5.57. The maximum absolute atomic E-state index is 4.26. The first-order chi connectivity index (χ1) is 8.93. The third-order valence-corrected chi connectivity index (χ3v) is 3.20. The summed E-state index contributed by atoms with van der Waals surface area (Å²) in [6.45, 7) is 2.97. The largest absolute Gasteiger partial charge is 0.326 e. The molecule has 1 N–H and O–H groups in total. The summed E-state index contributed by atoms with van der Waals surface area (Å²) in [4.78, 5) is 8.42. The van der Waals surface area contributed by atoms with E-state index in [1.165, 1.54) is 5.57 Å². The highest BCUT2D eigenvalue weighted by Gasteiger charge is 2.08. The second-order valence-electron chi connectivity index (χ2n) is 4.46. The number of rotatable bonds is 3. The fraction of sp³-hybridized carbons (Fsp3) is 0.286. The molecule has 3 rings (SSSR count). The van der Waals surface area contributed by atoms with E-state index in [1.54, 1.807) is 6.20 Å². The van der Waals surface area contributed by atoms with Gasteiger partial charge < -0.3 is 9.88 Å². The van der Waals surface area contributed by atoms with Crippen LogP contribution in [0.5, 0.6) is 0 Å². The van der Waals surface area contributed by atoms with E-state index in [4.69, 9.17) is 0 Å². The molecule has 2 aromatic rings. The maximum atomic E-state index is 4.26. The minimum absolute atomic E-state index is 0.923. The lowest BCUT2D eigenvalue weighted by molar-refractivity contribution is 0.652. The molecule has 0 spiro atoms. The van der Waals surface area contributed by atoms with E-state index in [0.717, 1.165) is 37.3 Å². The van der Waals surface area contributed by atoms with Gasteiger partial charge >= 0.3 is 0 Å². The zero-order chi connectivity index (χ0) is 12.2. The quantitative estimate of drug-likeness (QED) is 0.833. The van der Waals surface area contributed by atoms with E-state index in [0.29, 0.717) is 0 Å². The van der Waals surface area contributed by atoms with Crippen molar-refractivity contribution in [1.82, 2.24) is 19.9 Å². The molecule has 3 heterocycles. The Morgan fingerprint density at radius 2 is 2.28 bits per heavy atom. The fourth-order valence-electron chi connectivity index (χ4n) is 2.23. The molecule has 0 radical (unpaired) electrons. The van der Waals surface area contributed by atoms with Crippen molar-refractivity contribution >= 4 is 0 Å². The summed E-state index contributed by atoms with van der Waals surface area (Å²) in [7, 11) is 0. The van der Waals surface area contributed by atoms with Crippen molar-refractivity contribution < 1.29 is 0 Å². The molecule has 0 aliphatic carbocycles. The van der Waals surface area contributed by atoms with Gasteiger partial charge in [0.2, 0.25) is 0 Å². The van der Waals surface area contributed by atoms with E-state index in [-0.39, 0.29) is 0 Å². The van der Waals surface area contributed by atoms with Gasteiger partial charge in [-0.1, -0.05) is 11.6 Å². The van der Waals surface area contributed by atoms with Crippen LogP contribution in [0.2, 0.25) is 0 Å². The van der Waals surface area contributed by atoms with Crippen molar-refractivity contribution in [3.63, 3.8) is 0 Å². The molecule has 0 amide bonds. The summed E-state index contributed by atoms with van der Waals surface area (Å²) < 4.78 is 2.19. The standard InChI is InChI=1S/C14H16N4/c1-2-13(8-16-5-1)14-9-17-11-18(14)10-12-3-6-15-7-4-12/h1-3,5,8-9,11,15H,4,6-7,10H2. The lowest BCUT2D eigenvalue weighted by Gasteiger charge is -2.16. The zero-order valence-electron chi connectivity index (χ0n) is 10.2. The van der Waals surface area contributed by atoms with Crippen LogP contribution in [0.1, 0.15) is 6.42 Å². The summed E-state index contributed by atoms with van der Waals surface area (Å²) in [5.41, 5.74) is 3.71. The van der Waals surface area contributed by atoms with Crippen molar-refractivity contribution in [2.45, 2.75) is 13.0 Å². The number of nitrogens with zero attached hydrogens (tertiary/aromatic N) is 3. The Bertz CT molecular complexity index is 542. The van der Waals surface area contributed by atoms with E-state index in [1.807, 2.05) is 24.8 Å². The monoisotopic (exact) mass is 240 g/mol. The Morgan fingerprint density at radius 3 is 3.06 bits per heavy atom. The molecular weight excluding hydrogens is 224 g/mol. The van der Waals surface area contributed by atoms with Crippen LogP contribution < -0.4 is 5.32 Å². The summed E-state index contributed by atoms with van der Waals surface area (Å²) in [6.07, 6.45) is 10.9. The average Bonchev–Trinajstić information content (AvgIpc) is 2.89. The van der Waals surface area contributed by atoms with Crippen LogP contribution in [0.4, 0.5) is 0 Å². The fourth-order valence-corrected chi connectivity index (χ4v) is 2.23. The average molecular weight is 240 g/mol. The van der Waals surface area contributed by atoms with Crippen LogP contribution in [-0.2, 0) is 6.54 Å². The number of pyridine rings is 1. The first kappa shape index (κ1) is 11.2. The summed E-state index contributed by atoms with van der Waals surface area (Å²) >= 11 is 0. The van der Waals surface area contributed by atoms with Crippen LogP contribution in [-0.4, -0.2) is 27.6 Å². The predicted octanol–water partition coefficient (Wildman–Crippen LogP) is 1.86. The van der Waals surface area contributed by atoms with Gasteiger partial charge in [-0.3, -0.25) is 4.98 Å². The second-order valence-corrected chi connectivity index (χ2v) is 4.46. The van der Waals surface area contributed by atoms with Crippen molar-refractivity contribution in [3.8, 4) is 11.3 Å². The lowest BCUT2D eigenvalue weighted by Crippen LogP contribution is -2.22. The molecule has 2 aromatic heterocycles. The van der Waals surface area contributed by atoms with E-state index < -0.39 is 0 Å². The predicted molar refractivity (Wildman–Crippen MR) is 71.0 cm³/mol. The SMILES string of the molecule is C1=C(Cn2cncc2-c2cccnc2)CCNC1. The molecule has 0 unspecified atom stereocenters. The minimum atomic E-state index is 0.923. The molecule has 0 aromatic carbocycles. The Balaban J connectivity index is 1.86. The second kappa shape index (κ2) is 5.14. The normalized spacial score (nSPS) is 15.4. The summed E-state index contributed by atoms with van der Waals surface area (Å²) in [5.74, 6) is 0. The van der Waals surface area contributed by atoms with Crippen LogP contribution in [0, 0.1) is 0 Å². The van der Waals surface area contributed by atoms with E-state index in [9.17, 15) is 0 Å². The van der Waals surface area contributed by atoms with Gasteiger partial charge in [0, 0.05) is 31.0 Å². The zero-order valence-corrected chi connectivity index (χ0v) is 10.2. The van der Waals surface area contributed by atoms with Gasteiger partial charge in [-0.25, -0.2) is 4.98 Å². The molecule has 4 heteroatoms. The molecule has 0 saturated heterocycles. The van der Waals surface area contributed by atoms with Crippen molar-refractivity contribution in [2.75, 3.05) is 13.1 Å². The topological polar surface area (TPSA) is 42.7 Å². The van der Waals surface area contributed by atoms with Gasteiger partial charge in [-0.05, 0) is 25.1 Å². The Labute approximate surface area is 106 Å². The van der Waals surface area contributed by atoms with Crippen LogP contribution in [0.25, 0.3) is 11.3 Å². The third kappa shape index (κ3) is 2.33. The first-order valence-corrected chi connectivity index (χ1v) is 6.22. The van der Waals surface area contributed by atoms with Crippen molar-refractivity contribution in [1.29, 1.82) is 0 Å². The lowest BCUT2D eigenvalue weighted by atomic mass is 10.1. The third-order valence-electron chi connectivity index (χ3n) is 3.20. The Morgan fingerprint density at radius 1 is 1.28 bits per heavy atom. The smallest absolute Gasteiger partial charge is 0.0954 e. The summed E-state index contributed by atoms with van der Waals surface area (Å²) in [5, 5.41) is 3.33.